The van der Waals surface area contributed by atoms with Crippen LogP contribution in [0.25, 0.3) is 0 Å². The van der Waals surface area contributed by atoms with E-state index in [9.17, 15) is 0 Å². The summed E-state index contributed by atoms with van der Waals surface area (Å²) in [6.07, 6.45) is 3.34. The molecule has 1 unspecified atom stereocenters. The van der Waals surface area contributed by atoms with Crippen molar-refractivity contribution in [2.75, 3.05) is 20.1 Å². The highest BCUT2D eigenvalue weighted by molar-refractivity contribution is 5.14. The lowest BCUT2D eigenvalue weighted by Crippen LogP contribution is -2.46. The summed E-state index contributed by atoms with van der Waals surface area (Å²) in [5, 5.41) is 0. The van der Waals surface area contributed by atoms with Crippen molar-refractivity contribution in [2.24, 2.45) is 5.73 Å². The topological polar surface area (TPSA) is 29.3 Å². The Morgan fingerprint density at radius 1 is 1.24 bits per heavy atom. The van der Waals surface area contributed by atoms with Gasteiger partial charge in [-0.3, -0.25) is 0 Å². The predicted molar refractivity (Wildman–Crippen MR) is 75.1 cm³/mol. The van der Waals surface area contributed by atoms with Crippen molar-refractivity contribution in [3.8, 4) is 0 Å². The van der Waals surface area contributed by atoms with E-state index in [0.717, 1.165) is 32.4 Å². The van der Waals surface area contributed by atoms with Gasteiger partial charge in [-0.1, -0.05) is 43.7 Å². The summed E-state index contributed by atoms with van der Waals surface area (Å²) in [6, 6.07) is 10.6. The van der Waals surface area contributed by atoms with Gasteiger partial charge in [0, 0.05) is 18.6 Å². The second kappa shape index (κ2) is 6.77. The van der Waals surface area contributed by atoms with Crippen molar-refractivity contribution in [1.82, 2.24) is 4.90 Å². The van der Waals surface area contributed by atoms with Crippen molar-refractivity contribution < 1.29 is 0 Å². The first-order valence-corrected chi connectivity index (χ1v) is 6.55. The van der Waals surface area contributed by atoms with Gasteiger partial charge in [0.1, 0.15) is 0 Å². The van der Waals surface area contributed by atoms with Gasteiger partial charge >= 0.3 is 0 Å². The molecule has 0 saturated carbocycles. The minimum atomic E-state index is -0.0554. The lowest BCUT2D eigenvalue weighted by molar-refractivity contribution is 0.249. The zero-order valence-electron chi connectivity index (χ0n) is 11.4. The van der Waals surface area contributed by atoms with Crippen LogP contribution >= 0.6 is 0 Å². The molecule has 0 heterocycles. The first kappa shape index (κ1) is 14.2. The Kier molecular flexibility index (Phi) is 5.66. The van der Waals surface area contributed by atoms with E-state index >= 15 is 0 Å². The van der Waals surface area contributed by atoms with Crippen molar-refractivity contribution >= 4 is 0 Å². The van der Waals surface area contributed by atoms with Gasteiger partial charge in [0.25, 0.3) is 0 Å². The molecule has 1 rings (SSSR count). The third-order valence-corrected chi connectivity index (χ3v) is 3.08. The Morgan fingerprint density at radius 2 is 1.88 bits per heavy atom. The molecule has 1 aromatic carbocycles. The van der Waals surface area contributed by atoms with Gasteiger partial charge in [0.15, 0.2) is 0 Å². The van der Waals surface area contributed by atoms with Crippen molar-refractivity contribution in [3.05, 3.63) is 35.9 Å². The third-order valence-electron chi connectivity index (χ3n) is 3.08. The summed E-state index contributed by atoms with van der Waals surface area (Å²) in [5.41, 5.74) is 7.60. The molecule has 0 saturated heterocycles. The molecule has 96 valence electrons. The third kappa shape index (κ3) is 5.85. The molecule has 0 aliphatic rings. The minimum Gasteiger partial charge on any atom is -0.324 e. The first-order valence-electron chi connectivity index (χ1n) is 6.55. The molecule has 0 radical (unpaired) electrons. The van der Waals surface area contributed by atoms with Gasteiger partial charge < -0.3 is 10.6 Å². The highest BCUT2D eigenvalue weighted by atomic mass is 15.1. The van der Waals surface area contributed by atoms with Gasteiger partial charge in [-0.2, -0.15) is 0 Å². The Hall–Kier alpha value is -0.860. The lowest BCUT2D eigenvalue weighted by atomic mass is 9.97. The largest absolute Gasteiger partial charge is 0.324 e. The molecule has 0 spiro atoms. The monoisotopic (exact) mass is 234 g/mol. The molecule has 0 amide bonds. The molecular formula is C15H26N2. The number of benzene rings is 1. The van der Waals surface area contributed by atoms with Crippen LogP contribution < -0.4 is 5.73 Å². The van der Waals surface area contributed by atoms with E-state index in [0.29, 0.717) is 0 Å². The Bertz CT molecular complexity index is 306. The molecule has 1 aromatic rings. The van der Waals surface area contributed by atoms with Crippen molar-refractivity contribution in [1.29, 1.82) is 0 Å². The second-order valence-electron chi connectivity index (χ2n) is 5.38. The van der Waals surface area contributed by atoms with E-state index in [-0.39, 0.29) is 5.54 Å². The SMILES string of the molecule is CCCC(C)(N)CN(C)CCc1ccccc1. The molecule has 0 fully saturated rings. The molecule has 2 N–H and O–H groups in total. The van der Waals surface area contributed by atoms with Crippen LogP contribution in [0.3, 0.4) is 0 Å². The summed E-state index contributed by atoms with van der Waals surface area (Å²) < 4.78 is 0. The predicted octanol–water partition coefficient (Wildman–Crippen LogP) is 2.68. The van der Waals surface area contributed by atoms with E-state index in [1.807, 2.05) is 0 Å². The molecule has 2 nitrogen and oxygen atoms in total. The van der Waals surface area contributed by atoms with Crippen molar-refractivity contribution in [3.63, 3.8) is 0 Å². The molecule has 0 aliphatic heterocycles. The smallest absolute Gasteiger partial charge is 0.0254 e. The van der Waals surface area contributed by atoms with E-state index in [4.69, 9.17) is 5.73 Å². The summed E-state index contributed by atoms with van der Waals surface area (Å²) in [7, 11) is 2.16. The number of rotatable bonds is 7. The van der Waals surface area contributed by atoms with E-state index in [1.54, 1.807) is 0 Å². The Labute approximate surface area is 106 Å². The maximum atomic E-state index is 6.26. The summed E-state index contributed by atoms with van der Waals surface area (Å²) in [6.45, 7) is 6.37. The summed E-state index contributed by atoms with van der Waals surface area (Å²) in [4.78, 5) is 2.34. The highest BCUT2D eigenvalue weighted by Gasteiger charge is 2.18. The van der Waals surface area contributed by atoms with E-state index in [2.05, 4.69) is 56.1 Å². The molecule has 0 bridgehead atoms. The Morgan fingerprint density at radius 3 is 2.47 bits per heavy atom. The summed E-state index contributed by atoms with van der Waals surface area (Å²) in [5.74, 6) is 0. The molecule has 0 aliphatic carbocycles. The highest BCUT2D eigenvalue weighted by Crippen LogP contribution is 2.10. The van der Waals surface area contributed by atoms with E-state index < -0.39 is 0 Å². The van der Waals surface area contributed by atoms with Crippen LogP contribution in [-0.4, -0.2) is 30.6 Å². The molecular weight excluding hydrogens is 208 g/mol. The van der Waals surface area contributed by atoms with Crippen LogP contribution in [-0.2, 0) is 6.42 Å². The maximum Gasteiger partial charge on any atom is 0.0254 e. The first-order chi connectivity index (χ1) is 8.03. The molecule has 1 atom stereocenters. The average molecular weight is 234 g/mol. The zero-order chi connectivity index (χ0) is 12.7. The van der Waals surface area contributed by atoms with Gasteiger partial charge in [0.2, 0.25) is 0 Å². The number of nitrogens with zero attached hydrogens (tertiary/aromatic N) is 1. The minimum absolute atomic E-state index is 0.0554. The number of nitrogens with two attached hydrogens (primary N) is 1. The maximum absolute atomic E-state index is 6.26. The van der Waals surface area contributed by atoms with Crippen LogP contribution in [0.15, 0.2) is 30.3 Å². The average Bonchev–Trinajstić information content (AvgIpc) is 2.27. The molecule has 2 heteroatoms. The van der Waals surface area contributed by atoms with Gasteiger partial charge in [-0.15, -0.1) is 0 Å². The lowest BCUT2D eigenvalue weighted by Gasteiger charge is -2.30. The fourth-order valence-corrected chi connectivity index (χ4v) is 2.31. The van der Waals surface area contributed by atoms with Crippen LogP contribution in [0, 0.1) is 0 Å². The number of hydrogen-bond acceptors (Lipinski definition) is 2. The van der Waals surface area contributed by atoms with E-state index in [1.165, 1.54) is 5.56 Å². The normalized spacial score (nSPS) is 14.9. The van der Waals surface area contributed by atoms with Crippen LogP contribution in [0.1, 0.15) is 32.3 Å². The fraction of sp³-hybridized carbons (Fsp3) is 0.600. The Balaban J connectivity index is 2.33. The van der Waals surface area contributed by atoms with Crippen LogP contribution in [0.5, 0.6) is 0 Å². The van der Waals surface area contributed by atoms with Crippen LogP contribution in [0.4, 0.5) is 0 Å². The van der Waals surface area contributed by atoms with Crippen molar-refractivity contribution in [2.45, 2.75) is 38.6 Å². The zero-order valence-corrected chi connectivity index (χ0v) is 11.4. The van der Waals surface area contributed by atoms with Gasteiger partial charge in [0.05, 0.1) is 0 Å². The molecule has 17 heavy (non-hydrogen) atoms. The van der Waals surface area contributed by atoms with Gasteiger partial charge in [-0.05, 0) is 32.4 Å². The molecule has 0 aromatic heterocycles. The van der Waals surface area contributed by atoms with Gasteiger partial charge in [-0.25, -0.2) is 0 Å². The quantitative estimate of drug-likeness (QED) is 0.786. The standard InChI is InChI=1S/C15H26N2/c1-4-11-15(2,16)13-17(3)12-10-14-8-6-5-7-9-14/h5-9H,4,10-13,16H2,1-3H3. The number of likely N-dealkylation sites (N-methyl/N-ethyl adjacent to an activating group) is 1. The van der Waals surface area contributed by atoms with Crippen LogP contribution in [0.2, 0.25) is 0 Å². The summed E-state index contributed by atoms with van der Waals surface area (Å²) >= 11 is 0. The second-order valence-corrected chi connectivity index (χ2v) is 5.38. The number of hydrogen-bond donors (Lipinski definition) is 1. The fourth-order valence-electron chi connectivity index (χ4n) is 2.31.